The molecular formula is C18H20N2O2. The Kier molecular flexibility index (Phi) is 4.22. The van der Waals surface area contributed by atoms with Gasteiger partial charge in [-0.05, 0) is 42.2 Å². The zero-order valence-corrected chi connectivity index (χ0v) is 12.7. The third-order valence-electron chi connectivity index (χ3n) is 4.19. The van der Waals surface area contributed by atoms with Crippen molar-refractivity contribution in [1.29, 1.82) is 0 Å². The number of hydrogen-bond acceptors (Lipinski definition) is 3. The molecule has 2 N–H and O–H groups in total. The smallest absolute Gasteiger partial charge is 0.274 e. The minimum atomic E-state index is -0.454. The zero-order chi connectivity index (χ0) is 15.5. The number of benzene rings is 2. The van der Waals surface area contributed by atoms with E-state index in [2.05, 4.69) is 36.1 Å². The quantitative estimate of drug-likeness (QED) is 0.676. The summed E-state index contributed by atoms with van der Waals surface area (Å²) < 4.78 is 0. The van der Waals surface area contributed by atoms with Gasteiger partial charge in [-0.2, -0.15) is 0 Å². The summed E-state index contributed by atoms with van der Waals surface area (Å²) in [6.45, 7) is 4.91. The molecule has 0 saturated carbocycles. The number of hydroxylamine groups is 1. The fraction of sp³-hybridized carbons (Fsp3) is 0.278. The van der Waals surface area contributed by atoms with Crippen LogP contribution in [0.4, 0.5) is 0 Å². The summed E-state index contributed by atoms with van der Waals surface area (Å²) in [7, 11) is 0. The number of carbonyl (C=O) groups is 1. The topological polar surface area (TPSA) is 52.6 Å². The Morgan fingerprint density at radius 3 is 2.68 bits per heavy atom. The zero-order valence-electron chi connectivity index (χ0n) is 12.7. The molecule has 114 valence electrons. The van der Waals surface area contributed by atoms with Crippen molar-refractivity contribution in [2.24, 2.45) is 0 Å². The van der Waals surface area contributed by atoms with Gasteiger partial charge in [-0.1, -0.05) is 35.9 Å². The molecule has 1 amide bonds. The lowest BCUT2D eigenvalue weighted by molar-refractivity contribution is 0.0706. The minimum Gasteiger partial charge on any atom is -0.294 e. The van der Waals surface area contributed by atoms with E-state index < -0.39 is 5.91 Å². The van der Waals surface area contributed by atoms with Gasteiger partial charge in [0.2, 0.25) is 0 Å². The second-order valence-corrected chi connectivity index (χ2v) is 5.87. The van der Waals surface area contributed by atoms with Crippen molar-refractivity contribution in [3.63, 3.8) is 0 Å². The lowest BCUT2D eigenvalue weighted by atomic mass is 9.96. The Labute approximate surface area is 130 Å². The van der Waals surface area contributed by atoms with E-state index in [-0.39, 0.29) is 0 Å². The molecule has 3 rings (SSSR count). The maximum Gasteiger partial charge on any atom is 0.274 e. The summed E-state index contributed by atoms with van der Waals surface area (Å²) in [5, 5.41) is 8.71. The van der Waals surface area contributed by atoms with Crippen LogP contribution >= 0.6 is 0 Å². The van der Waals surface area contributed by atoms with Crippen molar-refractivity contribution >= 4 is 5.91 Å². The van der Waals surface area contributed by atoms with E-state index >= 15 is 0 Å². The molecule has 2 aromatic carbocycles. The molecule has 0 unspecified atom stereocenters. The van der Waals surface area contributed by atoms with Crippen LogP contribution in [0.3, 0.4) is 0 Å². The second kappa shape index (κ2) is 6.30. The predicted octanol–water partition coefficient (Wildman–Crippen LogP) is 2.67. The lowest BCUT2D eigenvalue weighted by Crippen LogP contribution is -2.30. The van der Waals surface area contributed by atoms with E-state index in [9.17, 15) is 4.79 Å². The molecule has 1 heterocycles. The highest BCUT2D eigenvalue weighted by Crippen LogP contribution is 2.22. The van der Waals surface area contributed by atoms with Crippen LogP contribution in [0.5, 0.6) is 0 Å². The molecule has 4 heteroatoms. The lowest BCUT2D eigenvalue weighted by Gasteiger charge is -2.29. The van der Waals surface area contributed by atoms with Crippen molar-refractivity contribution in [3.05, 3.63) is 70.3 Å². The number of nitrogens with zero attached hydrogens (tertiary/aromatic N) is 1. The summed E-state index contributed by atoms with van der Waals surface area (Å²) in [5.74, 6) is -0.454. The van der Waals surface area contributed by atoms with Gasteiger partial charge >= 0.3 is 0 Å². The van der Waals surface area contributed by atoms with Crippen LogP contribution in [0.15, 0.2) is 42.5 Å². The molecule has 1 aliphatic heterocycles. The Hall–Kier alpha value is -2.17. The van der Waals surface area contributed by atoms with Gasteiger partial charge in [-0.3, -0.25) is 14.9 Å². The molecule has 1 aliphatic rings. The van der Waals surface area contributed by atoms with Crippen molar-refractivity contribution in [1.82, 2.24) is 10.4 Å². The van der Waals surface area contributed by atoms with Crippen molar-refractivity contribution < 1.29 is 10.0 Å². The first kappa shape index (κ1) is 14.8. The van der Waals surface area contributed by atoms with E-state index in [0.717, 1.165) is 26.1 Å². The molecule has 0 spiro atoms. The number of rotatable bonds is 3. The third kappa shape index (κ3) is 3.18. The summed E-state index contributed by atoms with van der Waals surface area (Å²) in [6, 6.07) is 14.3. The highest BCUT2D eigenvalue weighted by molar-refractivity contribution is 5.93. The maximum atomic E-state index is 11.5. The van der Waals surface area contributed by atoms with Gasteiger partial charge in [0.15, 0.2) is 0 Å². The molecule has 2 aromatic rings. The van der Waals surface area contributed by atoms with E-state index in [1.54, 1.807) is 11.5 Å². The maximum absolute atomic E-state index is 11.5. The largest absolute Gasteiger partial charge is 0.294 e. The number of amides is 1. The Bertz CT molecular complexity index is 680. The van der Waals surface area contributed by atoms with Gasteiger partial charge in [0.05, 0.1) is 0 Å². The fourth-order valence-corrected chi connectivity index (χ4v) is 2.90. The molecule has 4 nitrogen and oxygen atoms in total. The predicted molar refractivity (Wildman–Crippen MR) is 84.7 cm³/mol. The van der Waals surface area contributed by atoms with Gasteiger partial charge in [-0.25, -0.2) is 5.48 Å². The Morgan fingerprint density at radius 1 is 1.18 bits per heavy atom. The average Bonchev–Trinajstić information content (AvgIpc) is 2.55. The van der Waals surface area contributed by atoms with E-state index in [4.69, 9.17) is 5.21 Å². The summed E-state index contributed by atoms with van der Waals surface area (Å²) in [4.78, 5) is 13.9. The third-order valence-corrected chi connectivity index (χ3v) is 4.19. The molecule has 22 heavy (non-hydrogen) atoms. The first-order valence-electron chi connectivity index (χ1n) is 7.50. The van der Waals surface area contributed by atoms with Crippen LogP contribution < -0.4 is 5.48 Å². The van der Waals surface area contributed by atoms with E-state index in [0.29, 0.717) is 5.56 Å². The Morgan fingerprint density at radius 2 is 1.95 bits per heavy atom. The number of hydrogen-bond donors (Lipinski definition) is 2. The first-order chi connectivity index (χ1) is 10.7. The first-order valence-corrected chi connectivity index (χ1v) is 7.50. The highest BCUT2D eigenvalue weighted by Gasteiger charge is 2.18. The molecule has 0 bridgehead atoms. The molecule has 0 aromatic heterocycles. The highest BCUT2D eigenvalue weighted by atomic mass is 16.5. The molecule has 0 saturated heterocycles. The van der Waals surface area contributed by atoms with Gasteiger partial charge in [-0.15, -0.1) is 0 Å². The second-order valence-electron chi connectivity index (χ2n) is 5.87. The van der Waals surface area contributed by atoms with Gasteiger partial charge in [0.1, 0.15) is 0 Å². The molecule has 0 aliphatic carbocycles. The molecule has 0 atom stereocenters. The van der Waals surface area contributed by atoms with Crippen LogP contribution in [0, 0.1) is 6.92 Å². The molecular weight excluding hydrogens is 276 g/mol. The normalized spacial score (nSPS) is 14.5. The van der Waals surface area contributed by atoms with Crippen molar-refractivity contribution in [2.75, 3.05) is 6.54 Å². The molecule has 0 fully saturated rings. The minimum absolute atomic E-state index is 0.454. The standard InChI is InChI=1S/C18H20N2O2/c1-13-2-4-14(5-3-13)11-20-9-8-15-10-16(18(21)19-22)6-7-17(15)12-20/h2-7,10,22H,8-9,11-12H2,1H3,(H,19,21). The fourth-order valence-electron chi connectivity index (χ4n) is 2.90. The Balaban J connectivity index is 1.71. The van der Waals surface area contributed by atoms with Gasteiger partial charge < -0.3 is 0 Å². The van der Waals surface area contributed by atoms with Gasteiger partial charge in [0, 0.05) is 25.2 Å². The van der Waals surface area contributed by atoms with Crippen molar-refractivity contribution in [2.45, 2.75) is 26.4 Å². The SMILES string of the molecule is Cc1ccc(CN2CCc3cc(C(=O)NO)ccc3C2)cc1. The van der Waals surface area contributed by atoms with Crippen LogP contribution in [-0.2, 0) is 19.5 Å². The van der Waals surface area contributed by atoms with Crippen LogP contribution in [0.1, 0.15) is 32.6 Å². The van der Waals surface area contributed by atoms with E-state index in [1.807, 2.05) is 12.1 Å². The monoisotopic (exact) mass is 296 g/mol. The summed E-state index contributed by atoms with van der Waals surface area (Å²) in [6.07, 6.45) is 0.924. The number of aryl methyl sites for hydroxylation is 1. The van der Waals surface area contributed by atoms with Crippen molar-refractivity contribution in [3.8, 4) is 0 Å². The molecule has 0 radical (unpaired) electrons. The number of nitrogens with one attached hydrogen (secondary N) is 1. The number of fused-ring (bicyclic) bond motifs is 1. The summed E-state index contributed by atoms with van der Waals surface area (Å²) in [5.41, 5.74) is 7.25. The average molecular weight is 296 g/mol. The van der Waals surface area contributed by atoms with Crippen LogP contribution in [0.25, 0.3) is 0 Å². The number of carbonyl (C=O) groups excluding carboxylic acids is 1. The van der Waals surface area contributed by atoms with Crippen LogP contribution in [0.2, 0.25) is 0 Å². The van der Waals surface area contributed by atoms with Crippen LogP contribution in [-0.4, -0.2) is 22.6 Å². The van der Waals surface area contributed by atoms with Gasteiger partial charge in [0.25, 0.3) is 5.91 Å². The summed E-state index contributed by atoms with van der Waals surface area (Å²) >= 11 is 0. The van der Waals surface area contributed by atoms with E-state index in [1.165, 1.54) is 22.3 Å².